The fraction of sp³-hybridized carbons (Fsp3) is 0.467. The van der Waals surface area contributed by atoms with E-state index in [1.165, 1.54) is 0 Å². The molecule has 5 rings (SSSR count). The number of benzene rings is 2. The number of amides is 1. The molecule has 5 atom stereocenters. The standard InChI is InChI=1S/C30H37N3O4S/c1-29-13-12-25(36)30(2,18-34)24(29)16-23-27(32-28(38-23)31-20-10-7-11-21(35)14-20)22(29)15-26(37)33(3)17-19-8-5-4-6-9-19/h4-11,14,22,24-25,34-36H,12-13,15-18H2,1-3H3,(H,31,32). The minimum atomic E-state index is -0.662. The number of carbonyl (C=O) groups is 1. The van der Waals surface area contributed by atoms with Gasteiger partial charge in [-0.1, -0.05) is 50.2 Å². The zero-order valence-corrected chi connectivity index (χ0v) is 23.0. The van der Waals surface area contributed by atoms with Crippen molar-refractivity contribution in [1.82, 2.24) is 9.88 Å². The molecule has 0 spiro atoms. The number of hydrogen-bond acceptors (Lipinski definition) is 7. The SMILES string of the molecule is CN(Cc1ccccc1)C(=O)CC1c2nc(Nc3cccc(O)c3)sc2CC2C(C)(CO)C(O)CCC12C. The van der Waals surface area contributed by atoms with Crippen LogP contribution >= 0.6 is 11.3 Å². The summed E-state index contributed by atoms with van der Waals surface area (Å²) in [7, 11) is 1.84. The Bertz CT molecular complexity index is 1300. The van der Waals surface area contributed by atoms with E-state index in [4.69, 9.17) is 4.98 Å². The number of anilines is 2. The molecule has 0 aliphatic heterocycles. The third-order valence-electron chi connectivity index (χ3n) is 9.06. The highest BCUT2D eigenvalue weighted by molar-refractivity contribution is 7.15. The van der Waals surface area contributed by atoms with E-state index < -0.39 is 11.5 Å². The predicted molar refractivity (Wildman–Crippen MR) is 150 cm³/mol. The number of nitrogens with zero attached hydrogens (tertiary/aromatic N) is 2. The Kier molecular flexibility index (Phi) is 7.24. The number of phenolic OH excluding ortho intramolecular Hbond substituents is 1. The molecule has 0 bridgehead atoms. The number of aliphatic hydroxyl groups is 2. The third kappa shape index (κ3) is 4.81. The van der Waals surface area contributed by atoms with Gasteiger partial charge in [0.1, 0.15) is 5.75 Å². The van der Waals surface area contributed by atoms with Gasteiger partial charge >= 0.3 is 0 Å². The van der Waals surface area contributed by atoms with Crippen LogP contribution in [0.5, 0.6) is 5.75 Å². The molecule has 4 N–H and O–H groups in total. The summed E-state index contributed by atoms with van der Waals surface area (Å²) >= 11 is 1.55. The molecule has 0 radical (unpaired) electrons. The molecular formula is C30H37N3O4S. The first-order chi connectivity index (χ1) is 18.1. The number of aromatic nitrogens is 1. The zero-order chi connectivity index (χ0) is 27.1. The monoisotopic (exact) mass is 535 g/mol. The highest BCUT2D eigenvalue weighted by Gasteiger charge is 2.59. The van der Waals surface area contributed by atoms with Gasteiger partial charge in [0.2, 0.25) is 5.91 Å². The van der Waals surface area contributed by atoms with Crippen LogP contribution in [-0.4, -0.2) is 50.9 Å². The second kappa shape index (κ2) is 10.3. The summed E-state index contributed by atoms with van der Waals surface area (Å²) in [4.78, 5) is 21.5. The first-order valence-corrected chi connectivity index (χ1v) is 14.1. The van der Waals surface area contributed by atoms with Crippen LogP contribution < -0.4 is 5.32 Å². The molecule has 1 fully saturated rings. The number of fused-ring (bicyclic) bond motifs is 2. The summed E-state index contributed by atoms with van der Waals surface area (Å²) in [5.74, 6) is 0.0883. The highest BCUT2D eigenvalue weighted by Crippen LogP contribution is 2.63. The summed E-state index contributed by atoms with van der Waals surface area (Å²) < 4.78 is 0. The van der Waals surface area contributed by atoms with Gasteiger partial charge < -0.3 is 25.5 Å². The Morgan fingerprint density at radius 3 is 2.66 bits per heavy atom. The first kappa shape index (κ1) is 26.7. The summed E-state index contributed by atoms with van der Waals surface area (Å²) in [6, 6.07) is 16.9. The van der Waals surface area contributed by atoms with Crippen molar-refractivity contribution in [2.45, 2.75) is 58.1 Å². The van der Waals surface area contributed by atoms with Gasteiger partial charge in [0.05, 0.1) is 18.4 Å². The smallest absolute Gasteiger partial charge is 0.223 e. The van der Waals surface area contributed by atoms with Crippen LogP contribution in [0.4, 0.5) is 10.8 Å². The fourth-order valence-electron chi connectivity index (χ4n) is 6.68. The summed E-state index contributed by atoms with van der Waals surface area (Å²) in [5.41, 5.74) is 1.80. The molecule has 2 aromatic carbocycles. The molecule has 5 unspecified atom stereocenters. The number of carbonyl (C=O) groups excluding carboxylic acids is 1. The van der Waals surface area contributed by atoms with Gasteiger partial charge in [-0.3, -0.25) is 4.79 Å². The highest BCUT2D eigenvalue weighted by atomic mass is 32.1. The van der Waals surface area contributed by atoms with Crippen LogP contribution in [0.2, 0.25) is 0 Å². The van der Waals surface area contributed by atoms with E-state index >= 15 is 0 Å². The molecule has 1 amide bonds. The van der Waals surface area contributed by atoms with Crippen LogP contribution in [-0.2, 0) is 17.8 Å². The van der Waals surface area contributed by atoms with Gasteiger partial charge in [0.25, 0.3) is 0 Å². The molecule has 7 nitrogen and oxygen atoms in total. The predicted octanol–water partition coefficient (Wildman–Crippen LogP) is 5.06. The minimum Gasteiger partial charge on any atom is -0.508 e. The number of nitrogens with one attached hydrogen (secondary N) is 1. The Morgan fingerprint density at radius 2 is 1.95 bits per heavy atom. The van der Waals surface area contributed by atoms with Crippen molar-refractivity contribution in [1.29, 1.82) is 0 Å². The quantitative estimate of drug-likeness (QED) is 0.337. The third-order valence-corrected chi connectivity index (χ3v) is 10.1. The molecular weight excluding hydrogens is 498 g/mol. The van der Waals surface area contributed by atoms with Crippen LogP contribution in [0.25, 0.3) is 0 Å². The molecule has 2 aliphatic carbocycles. The van der Waals surface area contributed by atoms with Crippen molar-refractivity contribution in [3.05, 3.63) is 70.7 Å². The molecule has 1 aromatic heterocycles. The van der Waals surface area contributed by atoms with Crippen molar-refractivity contribution < 1.29 is 20.1 Å². The van der Waals surface area contributed by atoms with E-state index in [2.05, 4.69) is 12.2 Å². The van der Waals surface area contributed by atoms with Gasteiger partial charge in [-0.05, 0) is 48.3 Å². The average molecular weight is 536 g/mol. The molecule has 38 heavy (non-hydrogen) atoms. The normalized spacial score (nSPS) is 28.3. The van der Waals surface area contributed by atoms with E-state index in [1.54, 1.807) is 34.4 Å². The summed E-state index contributed by atoms with van der Waals surface area (Å²) in [5, 5.41) is 35.4. The molecule has 1 heterocycles. The number of thiazole rings is 1. The summed E-state index contributed by atoms with van der Waals surface area (Å²) in [6.07, 6.45) is 1.77. The fourth-order valence-corrected chi connectivity index (χ4v) is 7.77. The Balaban J connectivity index is 1.49. The number of hydrogen-bond donors (Lipinski definition) is 4. The summed E-state index contributed by atoms with van der Waals surface area (Å²) in [6.45, 7) is 4.63. The van der Waals surface area contributed by atoms with Gasteiger partial charge in [-0.2, -0.15) is 0 Å². The number of aliphatic hydroxyl groups excluding tert-OH is 2. The van der Waals surface area contributed by atoms with E-state index in [-0.39, 0.29) is 35.5 Å². The lowest BCUT2D eigenvalue weighted by Gasteiger charge is -2.58. The number of phenols is 1. The maximum atomic E-state index is 13.6. The topological polar surface area (TPSA) is 106 Å². The van der Waals surface area contributed by atoms with Gasteiger partial charge in [0.15, 0.2) is 5.13 Å². The van der Waals surface area contributed by atoms with Crippen molar-refractivity contribution in [2.75, 3.05) is 19.0 Å². The Labute approximate surface area is 228 Å². The largest absolute Gasteiger partial charge is 0.508 e. The molecule has 1 saturated carbocycles. The van der Waals surface area contributed by atoms with E-state index in [9.17, 15) is 20.1 Å². The van der Waals surface area contributed by atoms with E-state index in [1.807, 2.05) is 50.4 Å². The zero-order valence-electron chi connectivity index (χ0n) is 22.2. The van der Waals surface area contributed by atoms with Gasteiger partial charge in [0, 0.05) is 48.0 Å². The lowest BCUT2D eigenvalue weighted by atomic mass is 9.47. The lowest BCUT2D eigenvalue weighted by molar-refractivity contribution is -0.147. The lowest BCUT2D eigenvalue weighted by Crippen LogP contribution is -2.57. The number of rotatable bonds is 7. The Hall–Kier alpha value is -2.94. The van der Waals surface area contributed by atoms with Crippen LogP contribution in [0, 0.1) is 16.7 Å². The van der Waals surface area contributed by atoms with Gasteiger partial charge in [-0.15, -0.1) is 11.3 Å². The van der Waals surface area contributed by atoms with Crippen LogP contribution in [0.1, 0.15) is 55.2 Å². The van der Waals surface area contributed by atoms with Crippen molar-refractivity contribution in [2.24, 2.45) is 16.7 Å². The molecule has 3 aromatic rings. The first-order valence-electron chi connectivity index (χ1n) is 13.3. The molecule has 202 valence electrons. The maximum absolute atomic E-state index is 13.6. The van der Waals surface area contributed by atoms with Crippen molar-refractivity contribution >= 4 is 28.1 Å². The average Bonchev–Trinajstić information content (AvgIpc) is 3.30. The van der Waals surface area contributed by atoms with E-state index in [0.717, 1.165) is 28.2 Å². The second-order valence-electron chi connectivity index (χ2n) is 11.5. The maximum Gasteiger partial charge on any atom is 0.223 e. The minimum absolute atomic E-state index is 0.00236. The van der Waals surface area contributed by atoms with Gasteiger partial charge in [-0.25, -0.2) is 4.98 Å². The Morgan fingerprint density at radius 1 is 1.18 bits per heavy atom. The van der Waals surface area contributed by atoms with E-state index in [0.29, 0.717) is 30.9 Å². The number of aromatic hydroxyl groups is 1. The van der Waals surface area contributed by atoms with Crippen LogP contribution in [0.15, 0.2) is 54.6 Å². The van der Waals surface area contributed by atoms with Crippen LogP contribution in [0.3, 0.4) is 0 Å². The van der Waals surface area contributed by atoms with Crippen molar-refractivity contribution in [3.63, 3.8) is 0 Å². The molecule has 8 heteroatoms. The van der Waals surface area contributed by atoms with Crippen molar-refractivity contribution in [3.8, 4) is 5.75 Å². The molecule has 0 saturated heterocycles. The second-order valence-corrected chi connectivity index (χ2v) is 12.6. The molecule has 2 aliphatic rings.